The van der Waals surface area contributed by atoms with Crippen molar-refractivity contribution in [3.63, 3.8) is 0 Å². The van der Waals surface area contributed by atoms with Gasteiger partial charge in [-0.25, -0.2) is 0 Å². The monoisotopic (exact) mass is 184 g/mol. The van der Waals surface area contributed by atoms with Gasteiger partial charge in [-0.2, -0.15) is 5.90 Å². The van der Waals surface area contributed by atoms with E-state index in [0.717, 1.165) is 0 Å². The van der Waals surface area contributed by atoms with Crippen LogP contribution in [0.3, 0.4) is 0 Å². The van der Waals surface area contributed by atoms with Crippen molar-refractivity contribution in [1.29, 1.82) is 0 Å². The van der Waals surface area contributed by atoms with Crippen LogP contribution >= 0.6 is 0 Å². The van der Waals surface area contributed by atoms with E-state index in [1.165, 1.54) is 12.1 Å². The maximum Gasteiger partial charge on any atom is 0.188 e. The molecule has 1 aromatic carbocycles. The molecule has 0 bridgehead atoms. The quantitative estimate of drug-likeness (QED) is 0.480. The van der Waals surface area contributed by atoms with Gasteiger partial charge in [0, 0.05) is 6.54 Å². The summed E-state index contributed by atoms with van der Waals surface area (Å²) in [4.78, 5) is 4.38. The molecule has 0 aliphatic rings. The largest absolute Gasteiger partial charge is 0.504 e. The number of hydrogen-bond donors (Lipinski definition) is 4. The molecular formula is C8H12N2O3. The summed E-state index contributed by atoms with van der Waals surface area (Å²) in [6.07, 6.45) is -0.769. The Morgan fingerprint density at radius 3 is 2.69 bits per heavy atom. The fraction of sp³-hybridized carbons (Fsp3) is 0.250. The molecule has 0 spiro atoms. The second-order valence-electron chi connectivity index (χ2n) is 2.60. The summed E-state index contributed by atoms with van der Waals surface area (Å²) in [5.74, 6) is 4.93. The smallest absolute Gasteiger partial charge is 0.188 e. The van der Waals surface area contributed by atoms with E-state index >= 15 is 0 Å². The number of hydrogen-bond acceptors (Lipinski definition) is 5. The maximum absolute atomic E-state index is 9.34. The molecule has 6 N–H and O–H groups in total. The van der Waals surface area contributed by atoms with Crippen LogP contribution in [-0.4, -0.2) is 16.8 Å². The first-order chi connectivity index (χ1) is 6.19. The van der Waals surface area contributed by atoms with Crippen LogP contribution in [0.4, 0.5) is 0 Å². The lowest BCUT2D eigenvalue weighted by molar-refractivity contribution is 0.186. The number of benzene rings is 1. The van der Waals surface area contributed by atoms with Gasteiger partial charge in [-0.05, 0) is 17.7 Å². The number of aliphatic hydroxyl groups is 1. The number of rotatable bonds is 3. The molecule has 72 valence electrons. The molecule has 5 nitrogen and oxygen atoms in total. The average Bonchev–Trinajstić information content (AvgIpc) is 2.17. The SMILES string of the molecule is NCC(O)c1ccc(O)c(ON)c1. The highest BCUT2D eigenvalue weighted by Crippen LogP contribution is 2.27. The number of nitrogens with two attached hydrogens (primary N) is 2. The van der Waals surface area contributed by atoms with Gasteiger partial charge in [0.15, 0.2) is 11.5 Å². The fourth-order valence-electron chi connectivity index (χ4n) is 0.968. The lowest BCUT2D eigenvalue weighted by Gasteiger charge is -2.09. The second-order valence-corrected chi connectivity index (χ2v) is 2.60. The summed E-state index contributed by atoms with van der Waals surface area (Å²) in [6.45, 7) is 0.106. The number of aliphatic hydroxyl groups excluding tert-OH is 1. The van der Waals surface area contributed by atoms with E-state index in [-0.39, 0.29) is 18.0 Å². The Hall–Kier alpha value is -1.30. The van der Waals surface area contributed by atoms with Gasteiger partial charge in [0.2, 0.25) is 0 Å². The standard InChI is InChI=1S/C8H12N2O3/c9-4-7(12)5-1-2-6(11)8(3-5)13-10/h1-3,7,11-12H,4,9-10H2. The first kappa shape index (κ1) is 9.79. The Balaban J connectivity index is 2.99. The van der Waals surface area contributed by atoms with Crippen molar-refractivity contribution in [2.75, 3.05) is 6.54 Å². The van der Waals surface area contributed by atoms with Gasteiger partial charge < -0.3 is 20.8 Å². The number of aromatic hydroxyl groups is 1. The van der Waals surface area contributed by atoms with Crippen molar-refractivity contribution in [2.45, 2.75) is 6.10 Å². The van der Waals surface area contributed by atoms with Gasteiger partial charge in [-0.15, -0.1) is 0 Å². The van der Waals surface area contributed by atoms with Crippen LogP contribution in [0.2, 0.25) is 0 Å². The van der Waals surface area contributed by atoms with Crippen molar-refractivity contribution in [3.8, 4) is 11.5 Å². The normalized spacial score (nSPS) is 12.5. The molecule has 0 saturated carbocycles. The van der Waals surface area contributed by atoms with E-state index in [1.807, 2.05) is 0 Å². The van der Waals surface area contributed by atoms with Gasteiger partial charge in [-0.3, -0.25) is 0 Å². The van der Waals surface area contributed by atoms with Crippen molar-refractivity contribution < 1.29 is 15.1 Å². The summed E-state index contributed by atoms with van der Waals surface area (Å²) in [5, 5.41) is 18.5. The topological polar surface area (TPSA) is 102 Å². The lowest BCUT2D eigenvalue weighted by Crippen LogP contribution is -2.12. The van der Waals surface area contributed by atoms with Gasteiger partial charge in [0.25, 0.3) is 0 Å². The van der Waals surface area contributed by atoms with Crippen LogP contribution in [-0.2, 0) is 0 Å². The number of phenolic OH excluding ortho intramolecular Hbond substituents is 1. The van der Waals surface area contributed by atoms with Crippen molar-refractivity contribution >= 4 is 0 Å². The van der Waals surface area contributed by atoms with Gasteiger partial charge in [0.05, 0.1) is 6.10 Å². The van der Waals surface area contributed by atoms with E-state index in [9.17, 15) is 10.2 Å². The fourth-order valence-corrected chi connectivity index (χ4v) is 0.968. The Labute approximate surface area is 75.5 Å². The maximum atomic E-state index is 9.34. The summed E-state index contributed by atoms with van der Waals surface area (Å²) in [7, 11) is 0. The van der Waals surface area contributed by atoms with Crippen LogP contribution in [0, 0.1) is 0 Å². The molecule has 0 aromatic heterocycles. The van der Waals surface area contributed by atoms with Crippen LogP contribution in [0.5, 0.6) is 11.5 Å². The molecule has 1 rings (SSSR count). The Morgan fingerprint density at radius 1 is 1.46 bits per heavy atom. The van der Waals surface area contributed by atoms with Gasteiger partial charge in [-0.1, -0.05) is 6.07 Å². The Kier molecular flexibility index (Phi) is 3.07. The van der Waals surface area contributed by atoms with Crippen molar-refractivity contribution in [1.82, 2.24) is 0 Å². The highest BCUT2D eigenvalue weighted by molar-refractivity contribution is 5.42. The van der Waals surface area contributed by atoms with Crippen LogP contribution in [0.15, 0.2) is 18.2 Å². The average molecular weight is 184 g/mol. The van der Waals surface area contributed by atoms with E-state index < -0.39 is 6.10 Å². The molecule has 13 heavy (non-hydrogen) atoms. The lowest BCUT2D eigenvalue weighted by atomic mass is 10.1. The first-order valence-corrected chi connectivity index (χ1v) is 3.76. The molecule has 0 amide bonds. The summed E-state index contributed by atoms with van der Waals surface area (Å²) >= 11 is 0. The molecule has 1 aromatic rings. The Bertz CT molecular complexity index is 291. The zero-order valence-electron chi connectivity index (χ0n) is 6.97. The third-order valence-corrected chi connectivity index (χ3v) is 1.72. The molecule has 1 atom stereocenters. The summed E-state index contributed by atoms with van der Waals surface area (Å²) < 4.78 is 0. The zero-order valence-corrected chi connectivity index (χ0v) is 6.97. The summed E-state index contributed by atoms with van der Waals surface area (Å²) in [5.41, 5.74) is 5.81. The van der Waals surface area contributed by atoms with E-state index in [4.69, 9.17) is 11.6 Å². The minimum Gasteiger partial charge on any atom is -0.504 e. The van der Waals surface area contributed by atoms with E-state index in [2.05, 4.69) is 4.84 Å². The number of phenols is 1. The molecule has 0 saturated heterocycles. The van der Waals surface area contributed by atoms with Gasteiger partial charge in [0.1, 0.15) is 0 Å². The van der Waals surface area contributed by atoms with E-state index in [0.29, 0.717) is 5.56 Å². The van der Waals surface area contributed by atoms with Crippen molar-refractivity contribution in [2.24, 2.45) is 11.6 Å². The Morgan fingerprint density at radius 2 is 2.15 bits per heavy atom. The molecule has 5 heteroatoms. The first-order valence-electron chi connectivity index (χ1n) is 3.76. The third kappa shape index (κ3) is 2.09. The molecule has 0 aliphatic heterocycles. The van der Waals surface area contributed by atoms with Crippen LogP contribution in [0.25, 0.3) is 0 Å². The minimum atomic E-state index is -0.769. The molecule has 0 aliphatic carbocycles. The predicted molar refractivity (Wildman–Crippen MR) is 46.9 cm³/mol. The van der Waals surface area contributed by atoms with Crippen LogP contribution < -0.4 is 16.5 Å². The molecule has 0 fully saturated rings. The van der Waals surface area contributed by atoms with Crippen molar-refractivity contribution in [3.05, 3.63) is 23.8 Å². The molecular weight excluding hydrogens is 172 g/mol. The van der Waals surface area contributed by atoms with Gasteiger partial charge >= 0.3 is 0 Å². The second kappa shape index (κ2) is 4.08. The molecule has 0 heterocycles. The third-order valence-electron chi connectivity index (χ3n) is 1.72. The zero-order chi connectivity index (χ0) is 9.84. The van der Waals surface area contributed by atoms with Crippen LogP contribution in [0.1, 0.15) is 11.7 Å². The molecule has 0 radical (unpaired) electrons. The predicted octanol–water partition coefficient (Wildman–Crippen LogP) is -0.363. The highest BCUT2D eigenvalue weighted by Gasteiger charge is 2.08. The minimum absolute atomic E-state index is 0.0736. The van der Waals surface area contributed by atoms with E-state index in [1.54, 1.807) is 6.07 Å². The molecule has 1 unspecified atom stereocenters. The summed E-state index contributed by atoms with van der Waals surface area (Å²) in [6, 6.07) is 4.37. The highest BCUT2D eigenvalue weighted by atomic mass is 16.6.